The lowest BCUT2D eigenvalue weighted by Crippen LogP contribution is -2.47. The van der Waals surface area contributed by atoms with Gasteiger partial charge in [0.2, 0.25) is 0 Å². The van der Waals surface area contributed by atoms with Gasteiger partial charge in [-0.15, -0.1) is 11.8 Å². The molecule has 0 saturated carbocycles. The second-order valence-electron chi connectivity index (χ2n) is 7.96. The molecule has 0 bridgehead atoms. The lowest BCUT2D eigenvalue weighted by atomic mass is 10.2. The molecular formula is C22H26ClFN2O2S. The van der Waals surface area contributed by atoms with Crippen LogP contribution in [0.1, 0.15) is 33.6 Å². The number of thioether (sulfide) groups is 1. The van der Waals surface area contributed by atoms with E-state index in [0.29, 0.717) is 6.54 Å². The molecule has 0 aliphatic carbocycles. The summed E-state index contributed by atoms with van der Waals surface area (Å²) in [5.74, 6) is -0.469. The van der Waals surface area contributed by atoms with Crippen LogP contribution in [0.4, 0.5) is 20.6 Å². The fourth-order valence-corrected chi connectivity index (χ4v) is 4.01. The van der Waals surface area contributed by atoms with Gasteiger partial charge in [-0.2, -0.15) is 0 Å². The SMILES string of the molecule is CSc1ccc(N(c2ccc(F)c(Cl)c2)[C@@H]2CCCN2C(=O)OC(C)(C)C)cc1. The Labute approximate surface area is 181 Å². The molecule has 156 valence electrons. The van der Waals surface area contributed by atoms with Crippen LogP contribution in [0.2, 0.25) is 5.02 Å². The zero-order chi connectivity index (χ0) is 21.2. The van der Waals surface area contributed by atoms with E-state index in [1.165, 1.54) is 6.07 Å². The minimum absolute atomic E-state index is 0.0510. The Morgan fingerprint density at radius 1 is 1.21 bits per heavy atom. The highest BCUT2D eigenvalue weighted by Gasteiger charge is 2.37. The van der Waals surface area contributed by atoms with Gasteiger partial charge in [-0.05, 0) is 82.3 Å². The van der Waals surface area contributed by atoms with Crippen LogP contribution in [0.15, 0.2) is 47.4 Å². The van der Waals surface area contributed by atoms with E-state index < -0.39 is 11.4 Å². The van der Waals surface area contributed by atoms with Crippen molar-refractivity contribution in [3.63, 3.8) is 0 Å². The van der Waals surface area contributed by atoms with Crippen molar-refractivity contribution >= 4 is 40.8 Å². The lowest BCUT2D eigenvalue weighted by Gasteiger charge is -2.37. The van der Waals surface area contributed by atoms with Crippen molar-refractivity contribution in [1.29, 1.82) is 0 Å². The number of hydrogen-bond donors (Lipinski definition) is 0. The van der Waals surface area contributed by atoms with Crippen LogP contribution in [0, 0.1) is 5.82 Å². The van der Waals surface area contributed by atoms with E-state index in [1.54, 1.807) is 28.8 Å². The highest BCUT2D eigenvalue weighted by atomic mass is 35.5. The number of likely N-dealkylation sites (tertiary alicyclic amines) is 1. The van der Waals surface area contributed by atoms with Gasteiger partial charge in [0.05, 0.1) is 5.02 Å². The van der Waals surface area contributed by atoms with Crippen LogP contribution < -0.4 is 4.90 Å². The molecule has 0 N–H and O–H groups in total. The van der Waals surface area contributed by atoms with Crippen molar-refractivity contribution in [1.82, 2.24) is 4.90 Å². The summed E-state index contributed by atoms with van der Waals surface area (Å²) in [6.45, 7) is 6.17. The third kappa shape index (κ3) is 5.17. The predicted molar refractivity (Wildman–Crippen MR) is 118 cm³/mol. The van der Waals surface area contributed by atoms with E-state index in [2.05, 4.69) is 0 Å². The maximum Gasteiger partial charge on any atom is 0.411 e. The minimum atomic E-state index is -0.575. The molecule has 0 unspecified atom stereocenters. The fraction of sp³-hybridized carbons (Fsp3) is 0.409. The summed E-state index contributed by atoms with van der Waals surface area (Å²) < 4.78 is 19.4. The van der Waals surface area contributed by atoms with E-state index in [0.717, 1.165) is 29.1 Å². The number of rotatable bonds is 4. The number of halogens is 2. The Balaban J connectivity index is 2.01. The number of ether oxygens (including phenoxy) is 1. The molecule has 2 aromatic rings. The van der Waals surface area contributed by atoms with Crippen molar-refractivity contribution in [2.24, 2.45) is 0 Å². The lowest BCUT2D eigenvalue weighted by molar-refractivity contribution is 0.0231. The van der Waals surface area contributed by atoms with Gasteiger partial charge in [-0.25, -0.2) is 9.18 Å². The normalized spacial score (nSPS) is 16.8. The Kier molecular flexibility index (Phi) is 6.64. The van der Waals surface area contributed by atoms with E-state index in [4.69, 9.17) is 16.3 Å². The van der Waals surface area contributed by atoms with Crippen LogP contribution in [0.5, 0.6) is 0 Å². The Hall–Kier alpha value is -1.92. The standard InChI is InChI=1S/C22H26ClFN2O2S/c1-22(2,3)28-21(27)25-13-5-6-20(25)26(15-7-10-17(29-4)11-8-15)16-9-12-19(24)18(23)14-16/h7-12,14,20H,5-6,13H2,1-4H3/t20-/m1/s1. The van der Waals surface area contributed by atoms with Gasteiger partial charge in [0.1, 0.15) is 17.6 Å². The van der Waals surface area contributed by atoms with Gasteiger partial charge >= 0.3 is 6.09 Å². The van der Waals surface area contributed by atoms with Gasteiger partial charge in [0, 0.05) is 22.8 Å². The average molecular weight is 437 g/mol. The van der Waals surface area contributed by atoms with Crippen molar-refractivity contribution in [2.45, 2.75) is 50.3 Å². The Morgan fingerprint density at radius 2 is 1.86 bits per heavy atom. The second-order valence-corrected chi connectivity index (χ2v) is 9.25. The summed E-state index contributed by atoms with van der Waals surface area (Å²) in [5, 5.41) is 0.0510. The van der Waals surface area contributed by atoms with Crippen LogP contribution in [-0.4, -0.2) is 35.6 Å². The molecule has 29 heavy (non-hydrogen) atoms. The molecule has 2 aromatic carbocycles. The van der Waals surface area contributed by atoms with Gasteiger partial charge in [-0.1, -0.05) is 11.6 Å². The molecule has 0 radical (unpaired) electrons. The quantitative estimate of drug-likeness (QED) is 0.499. The molecule has 1 atom stereocenters. The third-order valence-corrected chi connectivity index (χ3v) is 5.71. The monoisotopic (exact) mass is 436 g/mol. The summed E-state index contributed by atoms with van der Waals surface area (Å²) in [5.41, 5.74) is 1.06. The molecule has 7 heteroatoms. The smallest absolute Gasteiger partial charge is 0.411 e. The van der Waals surface area contributed by atoms with Crippen molar-refractivity contribution in [3.05, 3.63) is 53.3 Å². The molecule has 1 amide bonds. The summed E-state index contributed by atoms with van der Waals surface area (Å²) >= 11 is 7.74. The molecule has 0 spiro atoms. The van der Waals surface area contributed by atoms with Gasteiger partial charge in [0.25, 0.3) is 0 Å². The Morgan fingerprint density at radius 3 is 2.45 bits per heavy atom. The molecule has 4 nitrogen and oxygen atoms in total. The molecule has 0 aromatic heterocycles. The number of carbonyl (C=O) groups excluding carboxylic acids is 1. The zero-order valence-corrected chi connectivity index (χ0v) is 18.7. The van der Waals surface area contributed by atoms with Gasteiger partial charge in [0.15, 0.2) is 0 Å². The minimum Gasteiger partial charge on any atom is -0.444 e. The largest absolute Gasteiger partial charge is 0.444 e. The molecule has 1 heterocycles. The van der Waals surface area contributed by atoms with Crippen molar-refractivity contribution in [2.75, 3.05) is 17.7 Å². The first kappa shape index (κ1) is 21.8. The topological polar surface area (TPSA) is 32.8 Å². The van der Waals surface area contributed by atoms with E-state index in [1.807, 2.05) is 56.2 Å². The first-order valence-corrected chi connectivity index (χ1v) is 11.2. The summed E-state index contributed by atoms with van der Waals surface area (Å²) in [6.07, 6.45) is 3.07. The van der Waals surface area contributed by atoms with Crippen LogP contribution in [0.25, 0.3) is 0 Å². The van der Waals surface area contributed by atoms with E-state index in [9.17, 15) is 9.18 Å². The van der Waals surface area contributed by atoms with Crippen LogP contribution >= 0.6 is 23.4 Å². The maximum atomic E-state index is 13.8. The van der Waals surface area contributed by atoms with Crippen molar-refractivity contribution < 1.29 is 13.9 Å². The highest BCUT2D eigenvalue weighted by molar-refractivity contribution is 7.98. The highest BCUT2D eigenvalue weighted by Crippen LogP contribution is 2.36. The maximum absolute atomic E-state index is 13.8. The molecular weight excluding hydrogens is 411 g/mol. The summed E-state index contributed by atoms with van der Waals surface area (Å²) in [6, 6.07) is 12.7. The first-order chi connectivity index (χ1) is 13.7. The number of benzene rings is 2. The number of nitrogens with zero attached hydrogens (tertiary/aromatic N) is 2. The number of hydrogen-bond acceptors (Lipinski definition) is 4. The third-order valence-electron chi connectivity index (χ3n) is 4.68. The molecule has 1 fully saturated rings. The Bertz CT molecular complexity index is 870. The average Bonchev–Trinajstić information content (AvgIpc) is 3.13. The molecule has 1 aliphatic heterocycles. The molecule has 3 rings (SSSR count). The van der Waals surface area contributed by atoms with Crippen LogP contribution in [-0.2, 0) is 4.74 Å². The summed E-state index contributed by atoms with van der Waals surface area (Å²) in [4.78, 5) is 17.8. The molecule has 1 saturated heterocycles. The number of amides is 1. The number of carbonyl (C=O) groups is 1. The first-order valence-electron chi connectivity index (χ1n) is 9.57. The van der Waals surface area contributed by atoms with Crippen molar-refractivity contribution in [3.8, 4) is 0 Å². The fourth-order valence-electron chi connectivity index (χ4n) is 3.42. The van der Waals surface area contributed by atoms with E-state index in [-0.39, 0.29) is 17.3 Å². The zero-order valence-electron chi connectivity index (χ0n) is 17.1. The summed E-state index contributed by atoms with van der Waals surface area (Å²) in [7, 11) is 0. The van der Waals surface area contributed by atoms with Crippen LogP contribution in [0.3, 0.4) is 0 Å². The van der Waals surface area contributed by atoms with Gasteiger partial charge in [-0.3, -0.25) is 4.90 Å². The molecule has 1 aliphatic rings. The second kappa shape index (κ2) is 8.84. The predicted octanol–water partition coefficient (Wildman–Crippen LogP) is 6.70. The van der Waals surface area contributed by atoms with E-state index >= 15 is 0 Å². The van der Waals surface area contributed by atoms with Gasteiger partial charge < -0.3 is 9.64 Å². The number of anilines is 2.